The quantitative estimate of drug-likeness (QED) is 0.118. The third-order valence-corrected chi connectivity index (χ3v) is 10.8. The minimum absolute atomic E-state index is 0.0105. The van der Waals surface area contributed by atoms with Gasteiger partial charge in [0.1, 0.15) is 6.10 Å². The molecule has 0 spiro atoms. The maximum atomic E-state index is 12.9. The molecule has 3 heterocycles. The summed E-state index contributed by atoms with van der Waals surface area (Å²) in [6.07, 6.45) is 3.68. The molecule has 0 amide bonds. The van der Waals surface area contributed by atoms with E-state index in [1.807, 2.05) is 0 Å². The van der Waals surface area contributed by atoms with Crippen molar-refractivity contribution in [2.45, 2.75) is 159 Å². The Kier molecular flexibility index (Phi) is 9.30. The van der Waals surface area contributed by atoms with E-state index >= 15 is 0 Å². The van der Waals surface area contributed by atoms with Gasteiger partial charge < -0.3 is 42.6 Å². The third kappa shape index (κ3) is 7.84. The number of carbonyl (C=O) groups is 3. The van der Waals surface area contributed by atoms with Crippen molar-refractivity contribution in [3.05, 3.63) is 0 Å². The summed E-state index contributed by atoms with van der Waals surface area (Å²) in [6, 6.07) is 0. The summed E-state index contributed by atoms with van der Waals surface area (Å²) in [7, 11) is 0. The summed E-state index contributed by atoms with van der Waals surface area (Å²) in [5.41, 5.74) is -0.255. The van der Waals surface area contributed by atoms with Crippen molar-refractivity contribution in [1.29, 1.82) is 0 Å². The number of rotatable bonds is 14. The minimum Gasteiger partial charge on any atom is -0.436 e. The van der Waals surface area contributed by atoms with Crippen LogP contribution in [0.15, 0.2) is 0 Å². The standard InChI is InChI=1S/C33H50O12/c1-18(40-28(34)21-7-10-31(4)25(13-21)43-31)37-16-24(39-20(3)42-30(36)23-9-12-33(6)27(15-23)45-33)17-38-19(2)41-29(35)22-8-11-32(5)26(14-22)44-32/h18-27H,7-17H2,1-6H3. The molecule has 0 radical (unpaired) electrons. The number of esters is 3. The van der Waals surface area contributed by atoms with E-state index in [1.165, 1.54) is 0 Å². The first-order chi connectivity index (χ1) is 21.2. The highest BCUT2D eigenvalue weighted by atomic mass is 16.7. The fourth-order valence-corrected chi connectivity index (χ4v) is 7.34. The fraction of sp³-hybridized carbons (Fsp3) is 0.909. The topological polar surface area (TPSA) is 144 Å². The van der Waals surface area contributed by atoms with Gasteiger partial charge >= 0.3 is 17.9 Å². The zero-order valence-electron chi connectivity index (χ0n) is 27.5. The lowest BCUT2D eigenvalue weighted by Gasteiger charge is -2.28. The summed E-state index contributed by atoms with van der Waals surface area (Å²) in [6.45, 7) is 11.2. The van der Waals surface area contributed by atoms with Gasteiger partial charge in [-0.25, -0.2) is 0 Å². The number of epoxide rings is 3. The Bertz CT molecular complexity index is 1070. The molecule has 6 rings (SSSR count). The second-order valence-corrected chi connectivity index (χ2v) is 14.6. The average Bonchev–Trinajstić information content (AvgIpc) is 3.91. The average molecular weight is 639 g/mol. The largest absolute Gasteiger partial charge is 0.436 e. The molecule has 0 aromatic heterocycles. The molecule has 0 aromatic carbocycles. The van der Waals surface area contributed by atoms with Crippen LogP contribution in [0.1, 0.15) is 99.3 Å². The van der Waals surface area contributed by atoms with Crippen LogP contribution in [0.2, 0.25) is 0 Å². The van der Waals surface area contributed by atoms with Gasteiger partial charge in [-0.15, -0.1) is 0 Å². The first kappa shape index (κ1) is 33.1. The van der Waals surface area contributed by atoms with Gasteiger partial charge in [-0.05, 0) is 99.3 Å². The van der Waals surface area contributed by atoms with Crippen molar-refractivity contribution < 1.29 is 57.0 Å². The van der Waals surface area contributed by atoms with E-state index in [0.717, 1.165) is 32.1 Å². The van der Waals surface area contributed by atoms with E-state index in [9.17, 15) is 14.4 Å². The molecule has 254 valence electrons. The molecule has 12 unspecified atom stereocenters. The Labute approximate surface area is 265 Å². The van der Waals surface area contributed by atoms with Gasteiger partial charge in [0, 0.05) is 0 Å². The maximum absolute atomic E-state index is 12.9. The molecule has 0 bridgehead atoms. The Balaban J connectivity index is 0.969. The number of ether oxygens (including phenoxy) is 9. The van der Waals surface area contributed by atoms with Crippen LogP contribution < -0.4 is 0 Å². The second-order valence-electron chi connectivity index (χ2n) is 14.6. The number of hydrogen-bond acceptors (Lipinski definition) is 12. The lowest BCUT2D eigenvalue weighted by Crippen LogP contribution is -2.37. The molecule has 45 heavy (non-hydrogen) atoms. The van der Waals surface area contributed by atoms with Crippen LogP contribution in [-0.2, 0) is 57.0 Å². The zero-order valence-corrected chi connectivity index (χ0v) is 27.5. The highest BCUT2D eigenvalue weighted by molar-refractivity contribution is 5.73. The van der Waals surface area contributed by atoms with Gasteiger partial charge in [0.25, 0.3) is 0 Å². The predicted octanol–water partition coefficient (Wildman–Crippen LogP) is 3.95. The van der Waals surface area contributed by atoms with Crippen molar-refractivity contribution >= 4 is 17.9 Å². The Morgan fingerprint density at radius 1 is 0.600 bits per heavy atom. The monoisotopic (exact) mass is 638 g/mol. The summed E-state index contributed by atoms with van der Waals surface area (Å²) < 4.78 is 51.7. The number of hydrogen-bond donors (Lipinski definition) is 0. The molecule has 6 aliphatic rings. The molecule has 6 fully saturated rings. The summed E-state index contributed by atoms with van der Waals surface area (Å²) in [4.78, 5) is 38.4. The molecule has 3 aliphatic heterocycles. The van der Waals surface area contributed by atoms with Gasteiger partial charge in [-0.3, -0.25) is 14.4 Å². The highest BCUT2D eigenvalue weighted by Gasteiger charge is 2.58. The van der Waals surface area contributed by atoms with Crippen LogP contribution >= 0.6 is 0 Å². The van der Waals surface area contributed by atoms with Gasteiger partial charge in [-0.1, -0.05) is 0 Å². The molecule has 12 atom stereocenters. The zero-order chi connectivity index (χ0) is 32.1. The molecular formula is C33H50O12. The summed E-state index contributed by atoms with van der Waals surface area (Å²) in [5, 5.41) is 0. The minimum atomic E-state index is -0.885. The van der Waals surface area contributed by atoms with E-state index in [-0.39, 0.29) is 84.0 Å². The first-order valence-corrected chi connectivity index (χ1v) is 16.8. The van der Waals surface area contributed by atoms with E-state index in [2.05, 4.69) is 20.8 Å². The van der Waals surface area contributed by atoms with Crippen LogP contribution in [0.3, 0.4) is 0 Å². The van der Waals surface area contributed by atoms with Crippen LogP contribution in [0, 0.1) is 17.8 Å². The van der Waals surface area contributed by atoms with Gasteiger partial charge in [-0.2, -0.15) is 0 Å². The molecule has 3 aliphatic carbocycles. The Morgan fingerprint density at radius 3 is 1.27 bits per heavy atom. The Morgan fingerprint density at radius 2 is 0.933 bits per heavy atom. The number of carbonyl (C=O) groups excluding carboxylic acids is 3. The summed E-state index contributed by atoms with van der Waals surface area (Å²) in [5.74, 6) is -1.61. The lowest BCUT2D eigenvalue weighted by atomic mass is 9.83. The first-order valence-electron chi connectivity index (χ1n) is 16.8. The molecule has 0 aromatic rings. The molecule has 3 saturated carbocycles. The smallest absolute Gasteiger partial charge is 0.311 e. The molecular weight excluding hydrogens is 588 g/mol. The second kappa shape index (κ2) is 12.6. The molecule has 12 heteroatoms. The van der Waals surface area contributed by atoms with Crippen LogP contribution in [-0.4, -0.2) is 91.2 Å². The van der Waals surface area contributed by atoms with E-state index < -0.39 is 25.0 Å². The highest BCUT2D eigenvalue weighted by Crippen LogP contribution is 2.51. The molecule has 0 N–H and O–H groups in total. The van der Waals surface area contributed by atoms with Crippen molar-refractivity contribution in [3.63, 3.8) is 0 Å². The van der Waals surface area contributed by atoms with Crippen LogP contribution in [0.25, 0.3) is 0 Å². The van der Waals surface area contributed by atoms with Gasteiger partial charge in [0.05, 0.1) is 66.1 Å². The Hall–Kier alpha value is -1.83. The van der Waals surface area contributed by atoms with E-state index in [0.29, 0.717) is 25.7 Å². The van der Waals surface area contributed by atoms with E-state index in [4.69, 9.17) is 42.6 Å². The van der Waals surface area contributed by atoms with Crippen molar-refractivity contribution in [1.82, 2.24) is 0 Å². The van der Waals surface area contributed by atoms with Crippen molar-refractivity contribution in [2.24, 2.45) is 17.8 Å². The maximum Gasteiger partial charge on any atom is 0.311 e. The van der Waals surface area contributed by atoms with Gasteiger partial charge in [0.2, 0.25) is 6.29 Å². The van der Waals surface area contributed by atoms with Crippen LogP contribution in [0.4, 0.5) is 0 Å². The van der Waals surface area contributed by atoms with Crippen LogP contribution in [0.5, 0.6) is 0 Å². The predicted molar refractivity (Wildman–Crippen MR) is 155 cm³/mol. The normalized spacial score (nSPS) is 42.0. The molecule has 3 saturated heterocycles. The number of fused-ring (bicyclic) bond motifs is 3. The molecule has 12 nitrogen and oxygen atoms in total. The third-order valence-electron chi connectivity index (χ3n) is 10.8. The lowest BCUT2D eigenvalue weighted by molar-refractivity contribution is -0.227. The SMILES string of the molecule is CC(OCC(COC(C)OC(=O)C1CCC2(C)OC2C1)OC(C)OC(=O)C1CCC2(C)OC2C1)OC(=O)C1CCC2(C)OC2C1. The fourth-order valence-electron chi connectivity index (χ4n) is 7.34. The van der Waals surface area contributed by atoms with E-state index in [1.54, 1.807) is 20.8 Å². The van der Waals surface area contributed by atoms with Crippen molar-refractivity contribution in [2.75, 3.05) is 13.2 Å². The van der Waals surface area contributed by atoms with Gasteiger partial charge in [0.15, 0.2) is 12.6 Å². The summed E-state index contributed by atoms with van der Waals surface area (Å²) >= 11 is 0. The van der Waals surface area contributed by atoms with Crippen molar-refractivity contribution in [3.8, 4) is 0 Å².